The zero-order chi connectivity index (χ0) is 11.3. The Bertz CT molecular complexity index is 319. The van der Waals surface area contributed by atoms with Crippen molar-refractivity contribution in [3.05, 3.63) is 35.4 Å². The lowest BCUT2D eigenvalue weighted by Gasteiger charge is -2.06. The quantitative estimate of drug-likeness (QED) is 0.770. The summed E-state index contributed by atoms with van der Waals surface area (Å²) in [6.07, 6.45) is 2.23. The molecule has 0 heterocycles. The summed E-state index contributed by atoms with van der Waals surface area (Å²) in [5.74, 6) is -0.930. The van der Waals surface area contributed by atoms with Gasteiger partial charge in [0.25, 0.3) is 0 Å². The van der Waals surface area contributed by atoms with Crippen molar-refractivity contribution in [2.24, 2.45) is 5.73 Å². The predicted molar refractivity (Wildman–Crippen MR) is 59.8 cm³/mol. The molecule has 0 aliphatic rings. The topological polar surface area (TPSA) is 63.3 Å². The number of hydrogen-bond acceptors (Lipinski definition) is 2. The summed E-state index contributed by atoms with van der Waals surface area (Å²) in [5.41, 5.74) is 7.86. The van der Waals surface area contributed by atoms with Crippen molar-refractivity contribution in [1.82, 2.24) is 0 Å². The molecule has 0 fully saturated rings. The third kappa shape index (κ3) is 3.72. The lowest BCUT2D eigenvalue weighted by molar-refractivity contribution is -0.138. The number of rotatable bonds is 5. The molecule has 15 heavy (non-hydrogen) atoms. The summed E-state index contributed by atoms with van der Waals surface area (Å²) in [7, 11) is 0. The Labute approximate surface area is 89.9 Å². The van der Waals surface area contributed by atoms with Crippen LogP contribution in [0.25, 0.3) is 0 Å². The van der Waals surface area contributed by atoms with Crippen LogP contribution in [0.1, 0.15) is 24.5 Å². The Balaban J connectivity index is 2.47. The molecule has 0 saturated heterocycles. The van der Waals surface area contributed by atoms with E-state index in [-0.39, 0.29) is 0 Å². The highest BCUT2D eigenvalue weighted by atomic mass is 16.4. The second kappa shape index (κ2) is 5.51. The molecule has 3 N–H and O–H groups in total. The zero-order valence-corrected chi connectivity index (χ0v) is 8.94. The third-order valence-electron chi connectivity index (χ3n) is 2.49. The number of carboxylic acids is 1. The van der Waals surface area contributed by atoms with Gasteiger partial charge in [0.15, 0.2) is 0 Å². The molecule has 3 heteroatoms. The standard InChI is InChI=1S/C12H17NO2/c1-2-9-3-5-10(6-4-9)7-8-11(13)12(14)15/h3-6,11H,2,7-8,13H2,1H3,(H,14,15). The van der Waals surface area contributed by atoms with E-state index in [1.54, 1.807) is 0 Å². The first-order valence-corrected chi connectivity index (χ1v) is 5.19. The Hall–Kier alpha value is -1.35. The van der Waals surface area contributed by atoms with E-state index in [4.69, 9.17) is 10.8 Å². The van der Waals surface area contributed by atoms with E-state index < -0.39 is 12.0 Å². The summed E-state index contributed by atoms with van der Waals surface area (Å²) >= 11 is 0. The van der Waals surface area contributed by atoms with Gasteiger partial charge in [-0.15, -0.1) is 0 Å². The van der Waals surface area contributed by atoms with Crippen LogP contribution in [-0.2, 0) is 17.6 Å². The molecule has 1 rings (SSSR count). The number of aryl methyl sites for hydroxylation is 2. The highest BCUT2D eigenvalue weighted by molar-refractivity contribution is 5.73. The van der Waals surface area contributed by atoms with E-state index in [1.165, 1.54) is 5.56 Å². The van der Waals surface area contributed by atoms with Crippen LogP contribution < -0.4 is 5.73 Å². The van der Waals surface area contributed by atoms with E-state index in [0.717, 1.165) is 18.4 Å². The van der Waals surface area contributed by atoms with Crippen LogP contribution in [0.15, 0.2) is 24.3 Å². The number of aliphatic carboxylic acids is 1. The van der Waals surface area contributed by atoms with E-state index in [1.807, 2.05) is 12.1 Å². The molecular weight excluding hydrogens is 190 g/mol. The van der Waals surface area contributed by atoms with Crippen molar-refractivity contribution in [3.63, 3.8) is 0 Å². The minimum absolute atomic E-state index is 0.487. The average molecular weight is 207 g/mol. The zero-order valence-electron chi connectivity index (χ0n) is 8.94. The fourth-order valence-electron chi connectivity index (χ4n) is 1.39. The summed E-state index contributed by atoms with van der Waals surface area (Å²) < 4.78 is 0. The van der Waals surface area contributed by atoms with Crippen molar-refractivity contribution in [2.45, 2.75) is 32.2 Å². The summed E-state index contributed by atoms with van der Waals surface area (Å²) in [6, 6.07) is 7.46. The number of hydrogen-bond donors (Lipinski definition) is 2. The maximum absolute atomic E-state index is 10.5. The van der Waals surface area contributed by atoms with Crippen LogP contribution in [0.2, 0.25) is 0 Å². The van der Waals surface area contributed by atoms with Crippen LogP contribution in [0.5, 0.6) is 0 Å². The van der Waals surface area contributed by atoms with Crippen molar-refractivity contribution in [1.29, 1.82) is 0 Å². The van der Waals surface area contributed by atoms with Gasteiger partial charge in [-0.05, 0) is 30.4 Å². The smallest absolute Gasteiger partial charge is 0.320 e. The molecule has 1 aromatic carbocycles. The molecule has 1 atom stereocenters. The predicted octanol–water partition coefficient (Wildman–Crippen LogP) is 1.59. The third-order valence-corrected chi connectivity index (χ3v) is 2.49. The van der Waals surface area contributed by atoms with Crippen LogP contribution in [-0.4, -0.2) is 17.1 Å². The van der Waals surface area contributed by atoms with Gasteiger partial charge in [-0.3, -0.25) is 4.79 Å². The molecule has 0 amide bonds. The normalized spacial score (nSPS) is 12.4. The van der Waals surface area contributed by atoms with Gasteiger partial charge in [0.2, 0.25) is 0 Å². The number of carboxylic acid groups (broad SMARTS) is 1. The molecule has 0 aliphatic carbocycles. The maximum Gasteiger partial charge on any atom is 0.320 e. The Morgan fingerprint density at radius 2 is 1.87 bits per heavy atom. The summed E-state index contributed by atoms with van der Waals surface area (Å²) in [6.45, 7) is 2.11. The van der Waals surface area contributed by atoms with Gasteiger partial charge in [0.1, 0.15) is 6.04 Å². The number of benzene rings is 1. The SMILES string of the molecule is CCc1ccc(CCC(N)C(=O)O)cc1. The van der Waals surface area contributed by atoms with E-state index in [9.17, 15) is 4.79 Å². The fourth-order valence-corrected chi connectivity index (χ4v) is 1.39. The molecule has 0 aromatic heterocycles. The Morgan fingerprint density at radius 3 is 2.33 bits per heavy atom. The van der Waals surface area contributed by atoms with Gasteiger partial charge in [-0.25, -0.2) is 0 Å². The van der Waals surface area contributed by atoms with Gasteiger partial charge < -0.3 is 10.8 Å². The van der Waals surface area contributed by atoms with Crippen molar-refractivity contribution < 1.29 is 9.90 Å². The molecule has 0 bridgehead atoms. The molecule has 1 aromatic rings. The largest absolute Gasteiger partial charge is 0.480 e. The lowest BCUT2D eigenvalue weighted by atomic mass is 10.0. The average Bonchev–Trinajstić information content (AvgIpc) is 2.26. The van der Waals surface area contributed by atoms with E-state index in [2.05, 4.69) is 19.1 Å². The van der Waals surface area contributed by atoms with Crippen LogP contribution in [0.4, 0.5) is 0 Å². The van der Waals surface area contributed by atoms with Crippen molar-refractivity contribution in [2.75, 3.05) is 0 Å². The molecule has 0 aliphatic heterocycles. The highest BCUT2D eigenvalue weighted by Gasteiger charge is 2.10. The molecule has 0 radical (unpaired) electrons. The van der Waals surface area contributed by atoms with Crippen molar-refractivity contribution >= 4 is 5.97 Å². The van der Waals surface area contributed by atoms with Crippen LogP contribution in [0, 0.1) is 0 Å². The lowest BCUT2D eigenvalue weighted by Crippen LogP contribution is -2.30. The minimum atomic E-state index is -0.930. The fraction of sp³-hybridized carbons (Fsp3) is 0.417. The minimum Gasteiger partial charge on any atom is -0.480 e. The van der Waals surface area contributed by atoms with Gasteiger partial charge >= 0.3 is 5.97 Å². The van der Waals surface area contributed by atoms with Crippen molar-refractivity contribution in [3.8, 4) is 0 Å². The highest BCUT2D eigenvalue weighted by Crippen LogP contribution is 2.08. The summed E-state index contributed by atoms with van der Waals surface area (Å²) in [4.78, 5) is 10.5. The summed E-state index contributed by atoms with van der Waals surface area (Å²) in [5, 5.41) is 8.62. The molecule has 82 valence electrons. The van der Waals surface area contributed by atoms with Crippen LogP contribution in [0.3, 0.4) is 0 Å². The van der Waals surface area contributed by atoms with Crippen LogP contribution >= 0.6 is 0 Å². The van der Waals surface area contributed by atoms with Gasteiger partial charge in [0, 0.05) is 0 Å². The first kappa shape index (κ1) is 11.7. The van der Waals surface area contributed by atoms with Gasteiger partial charge in [-0.2, -0.15) is 0 Å². The van der Waals surface area contributed by atoms with Gasteiger partial charge in [0.05, 0.1) is 0 Å². The molecule has 1 unspecified atom stereocenters. The molecule has 3 nitrogen and oxygen atoms in total. The number of carbonyl (C=O) groups is 1. The number of nitrogens with two attached hydrogens (primary N) is 1. The molecular formula is C12H17NO2. The maximum atomic E-state index is 10.5. The first-order chi connectivity index (χ1) is 7.13. The monoisotopic (exact) mass is 207 g/mol. The second-order valence-electron chi connectivity index (χ2n) is 3.65. The Kier molecular flexibility index (Phi) is 4.31. The van der Waals surface area contributed by atoms with Gasteiger partial charge in [-0.1, -0.05) is 31.2 Å². The second-order valence-corrected chi connectivity index (χ2v) is 3.65. The molecule has 0 spiro atoms. The first-order valence-electron chi connectivity index (χ1n) is 5.19. The Morgan fingerprint density at radius 1 is 1.33 bits per heavy atom. The van der Waals surface area contributed by atoms with E-state index >= 15 is 0 Å². The van der Waals surface area contributed by atoms with E-state index in [0.29, 0.717) is 6.42 Å². The molecule has 0 saturated carbocycles.